The van der Waals surface area contributed by atoms with Gasteiger partial charge in [-0.1, -0.05) is 29.8 Å². The third-order valence-corrected chi connectivity index (χ3v) is 4.95. The minimum absolute atomic E-state index is 0.168. The topological polar surface area (TPSA) is 44.3 Å². The van der Waals surface area contributed by atoms with E-state index in [2.05, 4.69) is 39.2 Å². The number of halogens is 1. The number of nitrogens with zero attached hydrogens (tertiary/aromatic N) is 4. The van der Waals surface area contributed by atoms with Crippen molar-refractivity contribution < 1.29 is 4.39 Å². The van der Waals surface area contributed by atoms with Gasteiger partial charge in [0.15, 0.2) is 0 Å². The van der Waals surface area contributed by atoms with Crippen LogP contribution in [-0.4, -0.2) is 36.1 Å². The number of hydrogen-bond donors (Lipinski definition) is 1. The van der Waals surface area contributed by atoms with Crippen LogP contribution in [0.1, 0.15) is 11.3 Å². The largest absolute Gasteiger partial charge is 0.366 e. The van der Waals surface area contributed by atoms with E-state index in [0.29, 0.717) is 11.6 Å². The van der Waals surface area contributed by atoms with Crippen LogP contribution in [0.4, 0.5) is 27.5 Å². The standard InChI is InChI=1S/C22H24FN5/c1-16-7-9-18(10-8-16)25-22-24-17(2)15-21(26-22)28-13-11-27(12-14-28)20-6-4-3-5-19(20)23/h3-10,15H,11-14H2,1-2H3,(H,24,25,26). The molecule has 0 saturated carbocycles. The van der Waals surface area contributed by atoms with E-state index in [1.807, 2.05) is 37.3 Å². The average Bonchev–Trinajstić information content (AvgIpc) is 2.70. The second-order valence-electron chi connectivity index (χ2n) is 7.11. The van der Waals surface area contributed by atoms with Crippen LogP contribution in [0.3, 0.4) is 0 Å². The van der Waals surface area contributed by atoms with Gasteiger partial charge in [-0.15, -0.1) is 0 Å². The van der Waals surface area contributed by atoms with E-state index >= 15 is 0 Å². The van der Waals surface area contributed by atoms with Crippen molar-refractivity contribution in [3.63, 3.8) is 0 Å². The summed E-state index contributed by atoms with van der Waals surface area (Å²) in [5, 5.41) is 3.28. The Kier molecular flexibility index (Phi) is 5.10. The normalized spacial score (nSPS) is 14.2. The molecule has 3 aromatic rings. The Morgan fingerprint density at radius 3 is 2.25 bits per heavy atom. The van der Waals surface area contributed by atoms with Crippen LogP contribution in [0.15, 0.2) is 54.6 Å². The molecule has 0 radical (unpaired) electrons. The highest BCUT2D eigenvalue weighted by Crippen LogP contribution is 2.23. The summed E-state index contributed by atoms with van der Waals surface area (Å²) in [6.45, 7) is 7.12. The summed E-state index contributed by atoms with van der Waals surface area (Å²) in [6, 6.07) is 17.1. The van der Waals surface area contributed by atoms with Gasteiger partial charge in [0.1, 0.15) is 11.6 Å². The fraction of sp³-hybridized carbons (Fsp3) is 0.273. The molecule has 0 spiro atoms. The number of anilines is 4. The Labute approximate surface area is 164 Å². The third kappa shape index (κ3) is 4.06. The van der Waals surface area contributed by atoms with Gasteiger partial charge in [0.05, 0.1) is 5.69 Å². The molecule has 1 aromatic heterocycles. The molecule has 6 heteroatoms. The fourth-order valence-corrected chi connectivity index (χ4v) is 3.42. The van der Waals surface area contributed by atoms with Crippen LogP contribution < -0.4 is 15.1 Å². The fourth-order valence-electron chi connectivity index (χ4n) is 3.42. The Morgan fingerprint density at radius 2 is 1.54 bits per heavy atom. The summed E-state index contributed by atoms with van der Waals surface area (Å²) in [7, 11) is 0. The van der Waals surface area contributed by atoms with Crippen LogP contribution in [0.25, 0.3) is 0 Å². The van der Waals surface area contributed by atoms with E-state index in [1.54, 1.807) is 6.07 Å². The van der Waals surface area contributed by atoms with Crippen LogP contribution in [0.5, 0.6) is 0 Å². The molecular weight excluding hydrogens is 353 g/mol. The molecule has 1 saturated heterocycles. The SMILES string of the molecule is Cc1ccc(Nc2nc(C)cc(N3CCN(c4ccccc4F)CC3)n2)cc1. The minimum atomic E-state index is -0.168. The maximum atomic E-state index is 14.0. The van der Waals surface area contributed by atoms with E-state index in [1.165, 1.54) is 11.6 Å². The minimum Gasteiger partial charge on any atom is -0.366 e. The lowest BCUT2D eigenvalue weighted by Gasteiger charge is -2.37. The van der Waals surface area contributed by atoms with E-state index in [4.69, 9.17) is 4.98 Å². The molecule has 5 nitrogen and oxygen atoms in total. The van der Waals surface area contributed by atoms with Crippen molar-refractivity contribution in [3.8, 4) is 0 Å². The molecule has 0 atom stereocenters. The van der Waals surface area contributed by atoms with E-state index in [-0.39, 0.29) is 5.82 Å². The molecule has 0 aliphatic carbocycles. The van der Waals surface area contributed by atoms with Crippen molar-refractivity contribution in [1.29, 1.82) is 0 Å². The van der Waals surface area contributed by atoms with Gasteiger partial charge < -0.3 is 15.1 Å². The molecule has 2 heterocycles. The maximum Gasteiger partial charge on any atom is 0.229 e. The number of benzene rings is 2. The summed E-state index contributed by atoms with van der Waals surface area (Å²) in [5.74, 6) is 1.32. The third-order valence-electron chi connectivity index (χ3n) is 4.95. The van der Waals surface area contributed by atoms with Crippen molar-refractivity contribution in [2.45, 2.75) is 13.8 Å². The molecule has 144 valence electrons. The first kappa shape index (κ1) is 18.2. The molecule has 0 bridgehead atoms. The van der Waals surface area contributed by atoms with Gasteiger partial charge in [0.25, 0.3) is 0 Å². The Morgan fingerprint density at radius 1 is 0.857 bits per heavy atom. The van der Waals surface area contributed by atoms with Gasteiger partial charge in [0.2, 0.25) is 5.95 Å². The van der Waals surface area contributed by atoms with E-state index in [0.717, 1.165) is 43.4 Å². The van der Waals surface area contributed by atoms with Crippen LogP contribution in [0.2, 0.25) is 0 Å². The monoisotopic (exact) mass is 377 g/mol. The zero-order valence-electron chi connectivity index (χ0n) is 16.2. The van der Waals surface area contributed by atoms with Crippen molar-refractivity contribution in [3.05, 3.63) is 71.7 Å². The molecule has 1 aliphatic heterocycles. The number of hydrogen-bond acceptors (Lipinski definition) is 5. The molecule has 2 aromatic carbocycles. The molecule has 4 rings (SSSR count). The Hall–Kier alpha value is -3.15. The summed E-state index contributed by atoms with van der Waals surface area (Å²) in [5.41, 5.74) is 3.76. The van der Waals surface area contributed by atoms with Gasteiger partial charge in [-0.05, 0) is 38.1 Å². The maximum absolute atomic E-state index is 14.0. The summed E-state index contributed by atoms with van der Waals surface area (Å²) in [6.07, 6.45) is 0. The van der Waals surface area contributed by atoms with Gasteiger partial charge >= 0.3 is 0 Å². The van der Waals surface area contributed by atoms with Crippen molar-refractivity contribution in [2.75, 3.05) is 41.3 Å². The lowest BCUT2D eigenvalue weighted by atomic mass is 10.2. The first-order valence-corrected chi connectivity index (χ1v) is 9.52. The average molecular weight is 377 g/mol. The van der Waals surface area contributed by atoms with Gasteiger partial charge in [0, 0.05) is 43.6 Å². The Balaban J connectivity index is 1.47. The Bertz CT molecular complexity index is 949. The van der Waals surface area contributed by atoms with Gasteiger partial charge in [-0.25, -0.2) is 9.37 Å². The van der Waals surface area contributed by atoms with Crippen LogP contribution in [-0.2, 0) is 0 Å². The molecule has 0 unspecified atom stereocenters. The smallest absolute Gasteiger partial charge is 0.229 e. The van der Waals surface area contributed by atoms with Crippen LogP contribution >= 0.6 is 0 Å². The molecule has 0 amide bonds. The van der Waals surface area contributed by atoms with Crippen LogP contribution in [0, 0.1) is 19.7 Å². The molecule has 1 fully saturated rings. The van der Waals surface area contributed by atoms with Crippen molar-refractivity contribution in [2.24, 2.45) is 0 Å². The first-order valence-electron chi connectivity index (χ1n) is 9.52. The highest BCUT2D eigenvalue weighted by molar-refractivity contribution is 5.57. The predicted molar refractivity (Wildman–Crippen MR) is 112 cm³/mol. The predicted octanol–water partition coefficient (Wildman–Crippen LogP) is 4.30. The number of nitrogens with one attached hydrogen (secondary N) is 1. The summed E-state index contributed by atoms with van der Waals surface area (Å²) >= 11 is 0. The number of para-hydroxylation sites is 1. The molecule has 1 aliphatic rings. The number of piperazine rings is 1. The van der Waals surface area contributed by atoms with E-state index < -0.39 is 0 Å². The second kappa shape index (κ2) is 7.84. The highest BCUT2D eigenvalue weighted by Gasteiger charge is 2.21. The zero-order valence-corrected chi connectivity index (χ0v) is 16.2. The highest BCUT2D eigenvalue weighted by atomic mass is 19.1. The first-order chi connectivity index (χ1) is 13.6. The number of rotatable bonds is 4. The molecular formula is C22H24FN5. The van der Waals surface area contributed by atoms with Crippen molar-refractivity contribution in [1.82, 2.24) is 9.97 Å². The van der Waals surface area contributed by atoms with Gasteiger partial charge in [-0.3, -0.25) is 0 Å². The summed E-state index contributed by atoms with van der Waals surface area (Å²) in [4.78, 5) is 13.5. The van der Waals surface area contributed by atoms with Crippen molar-refractivity contribution >= 4 is 23.1 Å². The number of aryl methyl sites for hydroxylation is 2. The quantitative estimate of drug-likeness (QED) is 0.734. The lowest BCUT2D eigenvalue weighted by Crippen LogP contribution is -2.47. The van der Waals surface area contributed by atoms with E-state index in [9.17, 15) is 4.39 Å². The van der Waals surface area contributed by atoms with Gasteiger partial charge in [-0.2, -0.15) is 4.98 Å². The number of aromatic nitrogens is 2. The zero-order chi connectivity index (χ0) is 19.5. The lowest BCUT2D eigenvalue weighted by molar-refractivity contribution is 0.596. The molecule has 28 heavy (non-hydrogen) atoms. The molecule has 1 N–H and O–H groups in total. The second-order valence-corrected chi connectivity index (χ2v) is 7.11. The summed E-state index contributed by atoms with van der Waals surface area (Å²) < 4.78 is 14.0.